The fourth-order valence-electron chi connectivity index (χ4n) is 1.06. The first-order valence-electron chi connectivity index (χ1n) is 4.05. The molecule has 0 radical (unpaired) electrons. The molecule has 0 spiro atoms. The van der Waals surface area contributed by atoms with E-state index < -0.39 is 0 Å². The zero-order chi connectivity index (χ0) is 9.97. The molecule has 0 saturated heterocycles. The molecule has 0 amide bonds. The predicted octanol–water partition coefficient (Wildman–Crippen LogP) is 1.85. The first kappa shape index (κ1) is 9.45. The summed E-state index contributed by atoms with van der Waals surface area (Å²) in [5.41, 5.74) is 0.774. The highest BCUT2D eigenvalue weighted by molar-refractivity contribution is 14.1. The summed E-state index contributed by atoms with van der Waals surface area (Å²) < 4.78 is 0.691. The Balaban J connectivity index is 2.52. The molecule has 0 aliphatic heterocycles. The number of hydrogen-bond acceptors (Lipinski definition) is 4. The minimum atomic E-state index is 0.627. The summed E-state index contributed by atoms with van der Waals surface area (Å²) in [5, 5.41) is 0. The Kier molecular flexibility index (Phi) is 2.67. The molecule has 0 N–H and O–H groups in total. The van der Waals surface area contributed by atoms with E-state index in [2.05, 4.69) is 42.5 Å². The molecule has 0 fully saturated rings. The molecule has 2 aromatic rings. The Labute approximate surface area is 95.0 Å². The van der Waals surface area contributed by atoms with Gasteiger partial charge in [-0.3, -0.25) is 4.98 Å². The van der Waals surface area contributed by atoms with Gasteiger partial charge in [0.15, 0.2) is 9.66 Å². The van der Waals surface area contributed by atoms with Gasteiger partial charge in [-0.1, -0.05) is 6.07 Å². The molecule has 2 heterocycles. The fourth-order valence-corrected chi connectivity index (χ4v) is 1.64. The molecule has 4 nitrogen and oxygen atoms in total. The topological polar surface area (TPSA) is 51.6 Å². The summed E-state index contributed by atoms with van der Waals surface area (Å²) in [4.78, 5) is 16.7. The van der Waals surface area contributed by atoms with Gasteiger partial charge in [0.05, 0.1) is 0 Å². The lowest BCUT2D eigenvalue weighted by molar-refractivity contribution is 0.943. The van der Waals surface area contributed by atoms with Crippen LogP contribution in [0.25, 0.3) is 11.5 Å². The van der Waals surface area contributed by atoms with Gasteiger partial charge in [0, 0.05) is 28.8 Å². The van der Waals surface area contributed by atoms with E-state index in [1.807, 2.05) is 25.1 Å². The van der Waals surface area contributed by atoms with Crippen molar-refractivity contribution in [2.75, 3.05) is 0 Å². The summed E-state index contributed by atoms with van der Waals surface area (Å²) in [5.74, 6) is 1.34. The van der Waals surface area contributed by atoms with E-state index in [4.69, 9.17) is 0 Å². The number of nitrogens with zero attached hydrogens (tertiary/aromatic N) is 4. The second-order valence-corrected chi connectivity index (χ2v) is 3.66. The minimum absolute atomic E-state index is 0.627. The summed E-state index contributed by atoms with van der Waals surface area (Å²) in [6, 6.07) is 5.65. The second-order valence-electron chi connectivity index (χ2n) is 2.69. The number of aryl methyl sites for hydroxylation is 1. The van der Waals surface area contributed by atoms with Crippen molar-refractivity contribution in [3.8, 4) is 11.5 Å². The number of rotatable bonds is 1. The third-order valence-electron chi connectivity index (χ3n) is 1.61. The quantitative estimate of drug-likeness (QED) is 0.754. The summed E-state index contributed by atoms with van der Waals surface area (Å²) in [6.45, 7) is 1.84. The molecule has 0 unspecified atom stereocenters. The second kappa shape index (κ2) is 3.95. The first-order chi connectivity index (χ1) is 6.75. The van der Waals surface area contributed by atoms with E-state index in [1.165, 1.54) is 0 Å². The Morgan fingerprint density at radius 2 is 2.00 bits per heavy atom. The Hall–Kier alpha value is -1.11. The maximum absolute atomic E-state index is 4.21. The van der Waals surface area contributed by atoms with E-state index in [0.717, 1.165) is 5.69 Å². The SMILES string of the molecule is Cc1nc(I)nc(-c2ccccn2)n1. The minimum Gasteiger partial charge on any atom is -0.253 e. The molecule has 0 aromatic carbocycles. The molecule has 0 aliphatic carbocycles. The summed E-state index contributed by atoms with van der Waals surface area (Å²) in [7, 11) is 0. The van der Waals surface area contributed by atoms with E-state index in [0.29, 0.717) is 15.5 Å². The van der Waals surface area contributed by atoms with Crippen molar-refractivity contribution < 1.29 is 0 Å². The van der Waals surface area contributed by atoms with Crippen molar-refractivity contribution in [3.63, 3.8) is 0 Å². The number of hydrogen-bond donors (Lipinski definition) is 0. The lowest BCUT2D eigenvalue weighted by Gasteiger charge is -1.99. The lowest BCUT2D eigenvalue weighted by Crippen LogP contribution is -1.99. The van der Waals surface area contributed by atoms with Crippen LogP contribution in [0.2, 0.25) is 0 Å². The van der Waals surface area contributed by atoms with Crippen LogP contribution in [-0.2, 0) is 0 Å². The van der Waals surface area contributed by atoms with Gasteiger partial charge in [-0.2, -0.15) is 0 Å². The van der Waals surface area contributed by atoms with Crippen LogP contribution >= 0.6 is 22.6 Å². The van der Waals surface area contributed by atoms with E-state index >= 15 is 0 Å². The van der Waals surface area contributed by atoms with Gasteiger partial charge < -0.3 is 0 Å². The maximum Gasteiger partial charge on any atom is 0.194 e. The molecular formula is C9H7IN4. The van der Waals surface area contributed by atoms with Gasteiger partial charge in [-0.25, -0.2) is 15.0 Å². The van der Waals surface area contributed by atoms with E-state index in [-0.39, 0.29) is 0 Å². The van der Waals surface area contributed by atoms with Crippen LogP contribution in [0.1, 0.15) is 5.82 Å². The summed E-state index contributed by atoms with van der Waals surface area (Å²) in [6.07, 6.45) is 1.72. The van der Waals surface area contributed by atoms with Crippen LogP contribution in [0.3, 0.4) is 0 Å². The molecular weight excluding hydrogens is 291 g/mol. The highest BCUT2D eigenvalue weighted by Crippen LogP contribution is 2.11. The zero-order valence-corrected chi connectivity index (χ0v) is 9.63. The number of pyridine rings is 1. The largest absolute Gasteiger partial charge is 0.253 e. The molecule has 2 aromatic heterocycles. The summed E-state index contributed by atoms with van der Waals surface area (Å²) >= 11 is 2.07. The average molecular weight is 298 g/mol. The van der Waals surface area contributed by atoms with Crippen LogP contribution in [-0.4, -0.2) is 19.9 Å². The predicted molar refractivity (Wildman–Crippen MR) is 60.5 cm³/mol. The lowest BCUT2D eigenvalue weighted by atomic mass is 10.3. The number of aromatic nitrogens is 4. The smallest absolute Gasteiger partial charge is 0.194 e. The molecule has 14 heavy (non-hydrogen) atoms. The molecule has 0 atom stereocenters. The van der Waals surface area contributed by atoms with E-state index in [1.54, 1.807) is 6.20 Å². The van der Waals surface area contributed by atoms with Crippen molar-refractivity contribution in [2.24, 2.45) is 0 Å². The van der Waals surface area contributed by atoms with E-state index in [9.17, 15) is 0 Å². The Bertz CT molecular complexity index is 424. The van der Waals surface area contributed by atoms with Crippen LogP contribution in [0.4, 0.5) is 0 Å². The van der Waals surface area contributed by atoms with Gasteiger partial charge in [0.1, 0.15) is 11.5 Å². The zero-order valence-electron chi connectivity index (χ0n) is 7.48. The highest BCUT2D eigenvalue weighted by atomic mass is 127. The molecule has 70 valence electrons. The van der Waals surface area contributed by atoms with Gasteiger partial charge in [-0.15, -0.1) is 0 Å². The molecule has 5 heteroatoms. The van der Waals surface area contributed by atoms with Crippen molar-refractivity contribution in [1.82, 2.24) is 19.9 Å². The first-order valence-corrected chi connectivity index (χ1v) is 5.13. The van der Waals surface area contributed by atoms with Crippen LogP contribution in [0, 0.1) is 10.8 Å². The standard InChI is InChI=1S/C9H7IN4/c1-6-12-8(14-9(10)13-6)7-4-2-3-5-11-7/h2-5H,1H3. The third kappa shape index (κ3) is 2.03. The fraction of sp³-hybridized carbons (Fsp3) is 0.111. The maximum atomic E-state index is 4.21. The van der Waals surface area contributed by atoms with Crippen molar-refractivity contribution in [2.45, 2.75) is 6.92 Å². The molecule has 0 bridgehead atoms. The molecule has 2 rings (SSSR count). The Morgan fingerprint density at radius 1 is 1.14 bits per heavy atom. The average Bonchev–Trinajstić information content (AvgIpc) is 2.18. The van der Waals surface area contributed by atoms with Gasteiger partial charge >= 0.3 is 0 Å². The van der Waals surface area contributed by atoms with Gasteiger partial charge in [0.25, 0.3) is 0 Å². The molecule has 0 saturated carbocycles. The Morgan fingerprint density at radius 3 is 2.64 bits per heavy atom. The monoisotopic (exact) mass is 298 g/mol. The van der Waals surface area contributed by atoms with Crippen molar-refractivity contribution in [3.05, 3.63) is 34.1 Å². The number of halogens is 1. The van der Waals surface area contributed by atoms with Gasteiger partial charge in [-0.05, 0) is 19.1 Å². The highest BCUT2D eigenvalue weighted by Gasteiger charge is 2.04. The molecule has 0 aliphatic rings. The third-order valence-corrected chi connectivity index (χ3v) is 2.10. The van der Waals surface area contributed by atoms with Gasteiger partial charge in [0.2, 0.25) is 0 Å². The van der Waals surface area contributed by atoms with Crippen molar-refractivity contribution >= 4 is 22.6 Å². The van der Waals surface area contributed by atoms with Crippen LogP contribution in [0.5, 0.6) is 0 Å². The normalized spacial score (nSPS) is 10.1. The van der Waals surface area contributed by atoms with Crippen LogP contribution in [0.15, 0.2) is 24.4 Å². The van der Waals surface area contributed by atoms with Crippen LogP contribution < -0.4 is 0 Å². The van der Waals surface area contributed by atoms with Crippen molar-refractivity contribution in [1.29, 1.82) is 0 Å².